The molecule has 2 rings (SSSR count). The molecule has 9 heteroatoms. The predicted molar refractivity (Wildman–Crippen MR) is 75.1 cm³/mol. The molecule has 8 nitrogen and oxygen atoms in total. The van der Waals surface area contributed by atoms with Crippen LogP contribution in [0.3, 0.4) is 0 Å². The zero-order chi connectivity index (χ0) is 14.5. The van der Waals surface area contributed by atoms with E-state index >= 15 is 0 Å². The van der Waals surface area contributed by atoms with Crippen molar-refractivity contribution >= 4 is 28.3 Å². The maximum Gasteiger partial charge on any atom is 0.290 e. The zero-order valence-corrected chi connectivity index (χ0v) is 11.3. The van der Waals surface area contributed by atoms with Gasteiger partial charge in [-0.05, 0) is 30.7 Å². The summed E-state index contributed by atoms with van der Waals surface area (Å²) < 4.78 is 0. The molecule has 0 aliphatic carbocycles. The number of thioether (sulfide) groups is 1. The summed E-state index contributed by atoms with van der Waals surface area (Å²) in [5, 5.41) is 25.4. The van der Waals surface area contributed by atoms with E-state index in [2.05, 4.69) is 10.3 Å². The standard InChI is InChI=1S/C11H12N4O4S/c16-14(17)8-3-4-10(9(7-8)15(18)19)20-11-12-5-1-2-6-13-11/h3-4,7H,1-2,5-6H2,(H,12,13). The quantitative estimate of drug-likeness (QED) is 0.677. The van der Waals surface area contributed by atoms with Crippen molar-refractivity contribution in [3.05, 3.63) is 38.4 Å². The highest BCUT2D eigenvalue weighted by atomic mass is 32.2. The molecule has 0 saturated heterocycles. The van der Waals surface area contributed by atoms with Crippen molar-refractivity contribution in [1.29, 1.82) is 0 Å². The van der Waals surface area contributed by atoms with Gasteiger partial charge in [0.2, 0.25) is 0 Å². The summed E-state index contributed by atoms with van der Waals surface area (Å²) >= 11 is 1.13. The first-order chi connectivity index (χ1) is 9.58. The van der Waals surface area contributed by atoms with E-state index in [1.807, 2.05) is 0 Å². The minimum Gasteiger partial charge on any atom is -0.365 e. The maximum atomic E-state index is 11.0. The minimum absolute atomic E-state index is 0.280. The van der Waals surface area contributed by atoms with Gasteiger partial charge in [-0.3, -0.25) is 25.2 Å². The Kier molecular flexibility index (Phi) is 4.51. The first-order valence-corrected chi connectivity index (χ1v) is 6.78. The Bertz CT molecular complexity index is 576. The van der Waals surface area contributed by atoms with Gasteiger partial charge in [-0.25, -0.2) is 0 Å². The van der Waals surface area contributed by atoms with Crippen LogP contribution in [0.5, 0.6) is 0 Å². The summed E-state index contributed by atoms with van der Waals surface area (Å²) in [4.78, 5) is 25.0. The van der Waals surface area contributed by atoms with Crippen LogP contribution >= 0.6 is 11.8 Å². The molecule has 106 valence electrons. The van der Waals surface area contributed by atoms with Crippen LogP contribution in [0.15, 0.2) is 28.1 Å². The monoisotopic (exact) mass is 296 g/mol. The van der Waals surface area contributed by atoms with E-state index in [1.165, 1.54) is 12.1 Å². The van der Waals surface area contributed by atoms with Crippen molar-refractivity contribution < 1.29 is 9.85 Å². The predicted octanol–water partition coefficient (Wildman–Crippen LogP) is 2.33. The lowest BCUT2D eigenvalue weighted by atomic mass is 10.3. The Hall–Kier alpha value is -2.16. The number of nitrogens with zero attached hydrogens (tertiary/aromatic N) is 3. The number of amidine groups is 1. The third kappa shape index (κ3) is 3.44. The average molecular weight is 296 g/mol. The Morgan fingerprint density at radius 2 is 2.00 bits per heavy atom. The second-order valence-electron chi connectivity index (χ2n) is 4.09. The fourth-order valence-corrected chi connectivity index (χ4v) is 2.60. The first kappa shape index (κ1) is 14.3. The first-order valence-electron chi connectivity index (χ1n) is 5.97. The van der Waals surface area contributed by atoms with Gasteiger partial charge >= 0.3 is 0 Å². The third-order valence-electron chi connectivity index (χ3n) is 2.67. The van der Waals surface area contributed by atoms with Gasteiger partial charge in [0.15, 0.2) is 5.17 Å². The van der Waals surface area contributed by atoms with E-state index < -0.39 is 9.85 Å². The molecule has 0 spiro atoms. The van der Waals surface area contributed by atoms with Crippen LogP contribution < -0.4 is 5.32 Å². The molecule has 1 aromatic carbocycles. The highest BCUT2D eigenvalue weighted by Gasteiger charge is 2.21. The van der Waals surface area contributed by atoms with E-state index in [0.717, 1.165) is 37.2 Å². The Labute approximate surface area is 118 Å². The molecule has 1 aliphatic heterocycles. The van der Waals surface area contributed by atoms with Crippen molar-refractivity contribution in [1.82, 2.24) is 5.32 Å². The van der Waals surface area contributed by atoms with Crippen LogP contribution in [-0.2, 0) is 0 Å². The Morgan fingerprint density at radius 3 is 2.70 bits per heavy atom. The van der Waals surface area contributed by atoms with E-state index in [4.69, 9.17) is 0 Å². The molecule has 1 aliphatic rings. The zero-order valence-electron chi connectivity index (χ0n) is 10.4. The number of rotatable bonds is 3. The van der Waals surface area contributed by atoms with E-state index in [1.54, 1.807) is 0 Å². The fourth-order valence-electron chi connectivity index (χ4n) is 1.69. The largest absolute Gasteiger partial charge is 0.365 e. The summed E-state index contributed by atoms with van der Waals surface area (Å²) in [6.07, 6.45) is 1.97. The molecular weight excluding hydrogens is 284 g/mol. The summed E-state index contributed by atoms with van der Waals surface area (Å²) in [7, 11) is 0. The number of non-ortho nitro benzene ring substituents is 1. The number of hydrogen-bond donors (Lipinski definition) is 1. The third-order valence-corrected chi connectivity index (χ3v) is 3.71. The molecule has 0 radical (unpaired) electrons. The number of nitro benzene ring substituents is 2. The van der Waals surface area contributed by atoms with Crippen molar-refractivity contribution in [3.63, 3.8) is 0 Å². The highest BCUT2D eigenvalue weighted by molar-refractivity contribution is 8.14. The lowest BCUT2D eigenvalue weighted by Gasteiger charge is -2.06. The summed E-state index contributed by atoms with van der Waals surface area (Å²) in [6.45, 7) is 1.45. The highest BCUT2D eigenvalue weighted by Crippen LogP contribution is 2.33. The van der Waals surface area contributed by atoms with Crippen molar-refractivity contribution in [2.75, 3.05) is 13.1 Å². The molecule has 1 heterocycles. The van der Waals surface area contributed by atoms with Crippen LogP contribution in [0.1, 0.15) is 12.8 Å². The van der Waals surface area contributed by atoms with Crippen LogP contribution in [0.4, 0.5) is 11.4 Å². The van der Waals surface area contributed by atoms with Gasteiger partial charge in [-0.15, -0.1) is 0 Å². The molecule has 0 aromatic heterocycles. The summed E-state index contributed by atoms with van der Waals surface area (Å²) in [5.74, 6) is 0. The fraction of sp³-hybridized carbons (Fsp3) is 0.364. The summed E-state index contributed by atoms with van der Waals surface area (Å²) in [5.41, 5.74) is -0.574. The lowest BCUT2D eigenvalue weighted by Crippen LogP contribution is -2.19. The van der Waals surface area contributed by atoms with Gasteiger partial charge in [0.25, 0.3) is 11.4 Å². The molecule has 0 amide bonds. The number of nitro groups is 2. The topological polar surface area (TPSA) is 111 Å². The smallest absolute Gasteiger partial charge is 0.290 e. The molecular formula is C11H12N4O4S. The minimum atomic E-state index is -0.650. The van der Waals surface area contributed by atoms with Gasteiger partial charge in [-0.2, -0.15) is 0 Å². The van der Waals surface area contributed by atoms with Gasteiger partial charge < -0.3 is 5.32 Å². The summed E-state index contributed by atoms with van der Waals surface area (Å²) in [6, 6.07) is 3.61. The number of hydrogen-bond acceptors (Lipinski definition) is 7. The van der Waals surface area contributed by atoms with E-state index in [-0.39, 0.29) is 11.4 Å². The molecule has 0 unspecified atom stereocenters. The second-order valence-corrected chi connectivity index (χ2v) is 5.12. The molecule has 1 aromatic rings. The van der Waals surface area contributed by atoms with Crippen LogP contribution in [0.25, 0.3) is 0 Å². The number of benzene rings is 1. The van der Waals surface area contributed by atoms with Crippen molar-refractivity contribution in [2.45, 2.75) is 17.7 Å². The Morgan fingerprint density at radius 1 is 1.20 bits per heavy atom. The normalized spacial score (nSPS) is 14.9. The van der Waals surface area contributed by atoms with Crippen molar-refractivity contribution in [2.24, 2.45) is 4.99 Å². The van der Waals surface area contributed by atoms with Crippen LogP contribution in [-0.4, -0.2) is 28.1 Å². The van der Waals surface area contributed by atoms with Crippen LogP contribution in [0, 0.1) is 20.2 Å². The average Bonchev–Trinajstić information content (AvgIpc) is 2.67. The van der Waals surface area contributed by atoms with E-state index in [0.29, 0.717) is 16.6 Å². The Balaban J connectivity index is 2.28. The van der Waals surface area contributed by atoms with Gasteiger partial charge in [0, 0.05) is 19.2 Å². The van der Waals surface area contributed by atoms with Crippen molar-refractivity contribution in [3.8, 4) is 0 Å². The van der Waals surface area contributed by atoms with Gasteiger partial charge in [0.05, 0.1) is 20.8 Å². The molecule has 1 N–H and O–H groups in total. The SMILES string of the molecule is O=[N+]([O-])c1ccc(SC2=NCCCCN2)c([N+](=O)[O-])c1. The number of nitrogens with one attached hydrogen (secondary N) is 1. The maximum absolute atomic E-state index is 11.0. The van der Waals surface area contributed by atoms with Gasteiger partial charge in [0.1, 0.15) is 0 Å². The molecule has 0 fully saturated rings. The van der Waals surface area contributed by atoms with Crippen LogP contribution in [0.2, 0.25) is 0 Å². The molecule has 0 bridgehead atoms. The number of aliphatic imine (C=N–C) groups is 1. The molecule has 20 heavy (non-hydrogen) atoms. The van der Waals surface area contributed by atoms with E-state index in [9.17, 15) is 20.2 Å². The molecule has 0 atom stereocenters. The van der Waals surface area contributed by atoms with Gasteiger partial charge in [-0.1, -0.05) is 0 Å². The molecule has 0 saturated carbocycles. The lowest BCUT2D eigenvalue weighted by molar-refractivity contribution is -0.396. The second kappa shape index (κ2) is 6.33.